The largest absolute Gasteiger partial charge is 0.396 e. The summed E-state index contributed by atoms with van der Waals surface area (Å²) in [6.07, 6.45) is 1.96. The van der Waals surface area contributed by atoms with Gasteiger partial charge in [0.05, 0.1) is 0 Å². The lowest BCUT2D eigenvalue weighted by atomic mass is 9.83. The average molecular weight is 256 g/mol. The van der Waals surface area contributed by atoms with Crippen LogP contribution in [0, 0.1) is 5.41 Å². The molecule has 0 unspecified atom stereocenters. The van der Waals surface area contributed by atoms with Crippen LogP contribution in [0.5, 0.6) is 0 Å². The minimum Gasteiger partial charge on any atom is -0.396 e. The quantitative estimate of drug-likeness (QED) is 0.784. The van der Waals surface area contributed by atoms with Crippen molar-refractivity contribution in [1.82, 2.24) is 5.32 Å². The topological polar surface area (TPSA) is 32.3 Å². The first-order valence-corrected chi connectivity index (χ1v) is 6.60. The van der Waals surface area contributed by atoms with Gasteiger partial charge in [-0.05, 0) is 24.5 Å². The SMILES string of the molecule is CCC(CC)(CO)CNCc1ccccc1Cl. The Morgan fingerprint density at radius 3 is 2.41 bits per heavy atom. The van der Waals surface area contributed by atoms with Gasteiger partial charge in [0.15, 0.2) is 0 Å². The maximum atomic E-state index is 9.46. The molecule has 96 valence electrons. The van der Waals surface area contributed by atoms with Gasteiger partial charge >= 0.3 is 0 Å². The number of aliphatic hydroxyl groups is 1. The lowest BCUT2D eigenvalue weighted by Crippen LogP contribution is -2.36. The highest BCUT2D eigenvalue weighted by molar-refractivity contribution is 6.31. The first-order chi connectivity index (χ1) is 8.17. The Hall–Kier alpha value is -0.570. The molecular weight excluding hydrogens is 234 g/mol. The molecule has 0 aliphatic carbocycles. The zero-order valence-corrected chi connectivity index (χ0v) is 11.4. The highest BCUT2D eigenvalue weighted by atomic mass is 35.5. The second-order valence-electron chi connectivity index (χ2n) is 4.56. The third-order valence-electron chi connectivity index (χ3n) is 3.61. The molecule has 0 amide bonds. The third kappa shape index (κ3) is 3.98. The van der Waals surface area contributed by atoms with Crippen molar-refractivity contribution >= 4 is 11.6 Å². The molecule has 17 heavy (non-hydrogen) atoms. The summed E-state index contributed by atoms with van der Waals surface area (Å²) >= 11 is 6.09. The molecule has 1 aromatic carbocycles. The van der Waals surface area contributed by atoms with Gasteiger partial charge < -0.3 is 10.4 Å². The molecule has 0 atom stereocenters. The monoisotopic (exact) mass is 255 g/mol. The van der Waals surface area contributed by atoms with E-state index in [0.29, 0.717) is 0 Å². The van der Waals surface area contributed by atoms with Gasteiger partial charge in [-0.1, -0.05) is 43.6 Å². The maximum absolute atomic E-state index is 9.46. The number of hydrogen-bond donors (Lipinski definition) is 2. The fraction of sp³-hybridized carbons (Fsp3) is 0.571. The molecule has 0 saturated carbocycles. The average Bonchev–Trinajstić information content (AvgIpc) is 2.37. The molecule has 0 radical (unpaired) electrons. The fourth-order valence-corrected chi connectivity index (χ4v) is 2.09. The summed E-state index contributed by atoms with van der Waals surface area (Å²) in [5.74, 6) is 0. The van der Waals surface area contributed by atoms with Crippen LogP contribution in [-0.4, -0.2) is 18.3 Å². The number of nitrogens with one attached hydrogen (secondary N) is 1. The first-order valence-electron chi connectivity index (χ1n) is 6.22. The van der Waals surface area contributed by atoms with Crippen LogP contribution < -0.4 is 5.32 Å². The Morgan fingerprint density at radius 1 is 1.24 bits per heavy atom. The number of benzene rings is 1. The summed E-state index contributed by atoms with van der Waals surface area (Å²) in [4.78, 5) is 0. The van der Waals surface area contributed by atoms with E-state index >= 15 is 0 Å². The van der Waals surface area contributed by atoms with Gasteiger partial charge in [0.1, 0.15) is 0 Å². The summed E-state index contributed by atoms with van der Waals surface area (Å²) < 4.78 is 0. The summed E-state index contributed by atoms with van der Waals surface area (Å²) in [6, 6.07) is 7.84. The summed E-state index contributed by atoms with van der Waals surface area (Å²) in [6.45, 7) is 6.05. The molecule has 0 spiro atoms. The summed E-state index contributed by atoms with van der Waals surface area (Å²) in [7, 11) is 0. The van der Waals surface area contributed by atoms with Gasteiger partial charge in [-0.15, -0.1) is 0 Å². The van der Waals surface area contributed by atoms with Crippen molar-refractivity contribution in [2.75, 3.05) is 13.2 Å². The lowest BCUT2D eigenvalue weighted by Gasteiger charge is -2.29. The Kier molecular flexibility index (Phi) is 5.96. The van der Waals surface area contributed by atoms with Gasteiger partial charge in [0, 0.05) is 30.1 Å². The highest BCUT2D eigenvalue weighted by Gasteiger charge is 2.24. The second-order valence-corrected chi connectivity index (χ2v) is 4.97. The van der Waals surface area contributed by atoms with Crippen LogP contribution >= 0.6 is 11.6 Å². The van der Waals surface area contributed by atoms with Crippen molar-refractivity contribution in [3.05, 3.63) is 34.9 Å². The fourth-order valence-electron chi connectivity index (χ4n) is 1.88. The molecule has 0 aliphatic heterocycles. The predicted molar refractivity (Wildman–Crippen MR) is 73.3 cm³/mol. The smallest absolute Gasteiger partial charge is 0.0499 e. The van der Waals surface area contributed by atoms with E-state index in [9.17, 15) is 5.11 Å². The zero-order chi connectivity index (χ0) is 12.7. The molecule has 0 aliphatic rings. The molecule has 0 aromatic heterocycles. The van der Waals surface area contributed by atoms with E-state index in [1.165, 1.54) is 0 Å². The lowest BCUT2D eigenvalue weighted by molar-refractivity contribution is 0.113. The zero-order valence-electron chi connectivity index (χ0n) is 10.7. The number of aliphatic hydroxyl groups excluding tert-OH is 1. The molecule has 0 saturated heterocycles. The molecule has 2 N–H and O–H groups in total. The van der Waals surface area contributed by atoms with Gasteiger partial charge in [0.25, 0.3) is 0 Å². The van der Waals surface area contributed by atoms with E-state index in [1.54, 1.807) is 0 Å². The molecule has 0 bridgehead atoms. The van der Waals surface area contributed by atoms with E-state index < -0.39 is 0 Å². The Bertz CT molecular complexity index is 328. The Morgan fingerprint density at radius 2 is 1.88 bits per heavy atom. The molecule has 3 heteroatoms. The van der Waals surface area contributed by atoms with Crippen molar-refractivity contribution in [3.63, 3.8) is 0 Å². The van der Waals surface area contributed by atoms with Crippen molar-refractivity contribution in [2.45, 2.75) is 33.2 Å². The second kappa shape index (κ2) is 7.00. The van der Waals surface area contributed by atoms with Gasteiger partial charge in [-0.25, -0.2) is 0 Å². The van der Waals surface area contributed by atoms with Crippen LogP contribution in [-0.2, 0) is 6.54 Å². The Labute approximate surface area is 109 Å². The van der Waals surface area contributed by atoms with Crippen molar-refractivity contribution in [3.8, 4) is 0 Å². The normalized spacial score (nSPS) is 11.8. The number of rotatable bonds is 7. The standard InChI is InChI=1S/C14H22ClNO/c1-3-14(4-2,11-17)10-16-9-12-7-5-6-8-13(12)15/h5-8,16-17H,3-4,9-11H2,1-2H3. The number of hydrogen-bond acceptors (Lipinski definition) is 2. The van der Waals surface area contributed by atoms with E-state index in [0.717, 1.165) is 36.5 Å². The minimum atomic E-state index is 0.00125. The van der Waals surface area contributed by atoms with Gasteiger partial charge in [0.2, 0.25) is 0 Å². The van der Waals surface area contributed by atoms with Crippen molar-refractivity contribution in [1.29, 1.82) is 0 Å². The van der Waals surface area contributed by atoms with E-state index in [-0.39, 0.29) is 12.0 Å². The van der Waals surface area contributed by atoms with Gasteiger partial charge in [-0.3, -0.25) is 0 Å². The summed E-state index contributed by atoms with van der Waals surface area (Å²) in [5.41, 5.74) is 1.11. The predicted octanol–water partition coefficient (Wildman–Crippen LogP) is 3.23. The molecule has 0 fully saturated rings. The van der Waals surface area contributed by atoms with Crippen molar-refractivity contribution in [2.24, 2.45) is 5.41 Å². The first kappa shape index (κ1) is 14.5. The summed E-state index contributed by atoms with van der Waals surface area (Å²) in [5, 5.41) is 13.6. The van der Waals surface area contributed by atoms with Crippen LogP contribution in [0.3, 0.4) is 0 Å². The van der Waals surface area contributed by atoms with Crippen LogP contribution in [0.1, 0.15) is 32.3 Å². The number of halogens is 1. The van der Waals surface area contributed by atoms with Crippen LogP contribution in [0.25, 0.3) is 0 Å². The molecule has 1 rings (SSSR count). The van der Waals surface area contributed by atoms with Crippen LogP contribution in [0.2, 0.25) is 5.02 Å². The van der Waals surface area contributed by atoms with E-state index in [2.05, 4.69) is 19.2 Å². The molecule has 2 nitrogen and oxygen atoms in total. The van der Waals surface area contributed by atoms with Crippen LogP contribution in [0.4, 0.5) is 0 Å². The third-order valence-corrected chi connectivity index (χ3v) is 3.98. The highest BCUT2D eigenvalue weighted by Crippen LogP contribution is 2.24. The van der Waals surface area contributed by atoms with E-state index in [4.69, 9.17) is 11.6 Å². The van der Waals surface area contributed by atoms with Gasteiger partial charge in [-0.2, -0.15) is 0 Å². The van der Waals surface area contributed by atoms with Crippen molar-refractivity contribution < 1.29 is 5.11 Å². The molecule has 0 heterocycles. The minimum absolute atomic E-state index is 0.00125. The maximum Gasteiger partial charge on any atom is 0.0499 e. The van der Waals surface area contributed by atoms with Crippen LogP contribution in [0.15, 0.2) is 24.3 Å². The molecule has 1 aromatic rings. The Balaban J connectivity index is 2.49. The molecular formula is C14H22ClNO. The van der Waals surface area contributed by atoms with E-state index in [1.807, 2.05) is 24.3 Å².